The van der Waals surface area contributed by atoms with Gasteiger partial charge in [0.2, 0.25) is 0 Å². The molecule has 0 atom stereocenters. The van der Waals surface area contributed by atoms with Crippen molar-refractivity contribution in [3.63, 3.8) is 0 Å². The van der Waals surface area contributed by atoms with E-state index in [0.29, 0.717) is 5.75 Å². The van der Waals surface area contributed by atoms with Gasteiger partial charge in [0.05, 0.1) is 22.8 Å². The molecule has 2 aliphatic rings. The SMILES string of the molecule is C1=Cc2cc3ccc(cc4ccc(cc5nc(cc1n2)C=C5)[nH]4)[nH]3.Oc1cc[c-]cc1.[Fe]. The number of phenols is 1. The predicted octanol–water partition coefficient (Wildman–Crippen LogP) is 5.85. The number of fused-ring (bicyclic) bond motifs is 8. The number of hydrogen-bond donors (Lipinski definition) is 3. The Morgan fingerprint density at radius 2 is 0.969 bits per heavy atom. The van der Waals surface area contributed by atoms with E-state index in [2.05, 4.69) is 56.3 Å². The van der Waals surface area contributed by atoms with Crippen LogP contribution in [0.5, 0.6) is 5.75 Å². The van der Waals surface area contributed by atoms with Gasteiger partial charge in [-0.1, -0.05) is 0 Å². The van der Waals surface area contributed by atoms with Crippen molar-refractivity contribution >= 4 is 46.4 Å². The first-order valence-corrected chi connectivity index (χ1v) is 9.89. The molecule has 0 spiro atoms. The average Bonchev–Trinajstić information content (AvgIpc) is 3.55. The van der Waals surface area contributed by atoms with Crippen LogP contribution in [-0.4, -0.2) is 25.0 Å². The summed E-state index contributed by atoms with van der Waals surface area (Å²) in [5.41, 5.74) is 7.86. The van der Waals surface area contributed by atoms with Crippen LogP contribution >= 0.6 is 0 Å². The van der Waals surface area contributed by atoms with E-state index in [1.165, 1.54) is 0 Å². The first kappa shape index (κ1) is 21.4. The molecule has 1 aromatic carbocycles. The maximum absolute atomic E-state index is 8.61. The second kappa shape index (κ2) is 9.52. The van der Waals surface area contributed by atoms with E-state index in [0.717, 1.165) is 44.8 Å². The fraction of sp³-hybridized carbons (Fsp3) is 0. The Morgan fingerprint density at radius 1 is 0.562 bits per heavy atom. The summed E-state index contributed by atoms with van der Waals surface area (Å²) in [6.45, 7) is 0. The smallest absolute Gasteiger partial charge is 0.0659 e. The van der Waals surface area contributed by atoms with Crippen LogP contribution in [0.15, 0.2) is 72.8 Å². The van der Waals surface area contributed by atoms with E-state index >= 15 is 0 Å². The van der Waals surface area contributed by atoms with Crippen molar-refractivity contribution in [2.75, 3.05) is 0 Å². The predicted molar refractivity (Wildman–Crippen MR) is 126 cm³/mol. The van der Waals surface area contributed by atoms with Gasteiger partial charge in [0.1, 0.15) is 0 Å². The molecule has 0 aliphatic carbocycles. The summed E-state index contributed by atoms with van der Waals surface area (Å²) in [4.78, 5) is 16.0. The van der Waals surface area contributed by atoms with E-state index < -0.39 is 0 Å². The van der Waals surface area contributed by atoms with Gasteiger partial charge in [-0.05, 0) is 72.8 Å². The number of aromatic nitrogens is 4. The molecule has 3 aromatic heterocycles. The minimum atomic E-state index is 0. The van der Waals surface area contributed by atoms with Gasteiger partial charge in [-0.25, -0.2) is 9.97 Å². The van der Waals surface area contributed by atoms with Crippen LogP contribution in [0.1, 0.15) is 22.8 Å². The molecule has 0 unspecified atom stereocenters. The third-order valence-electron chi connectivity index (χ3n) is 4.74. The Bertz CT molecular complexity index is 1360. The number of nitrogens with zero attached hydrogens (tertiary/aromatic N) is 2. The monoisotopic (exact) mass is 459 g/mol. The van der Waals surface area contributed by atoms with Gasteiger partial charge in [0.15, 0.2) is 0 Å². The number of aromatic hydroxyl groups is 1. The standard InChI is InChI=1S/C20H14N4.C6H5O.Fe/c1-2-14-10-16-5-6-18(23-16)12-20-8-7-19(24-20)11-17-4-3-15(22-17)9-13(1)21-14;7-6-4-2-1-3-5-6;/h1-12,21-22H;2-5,7H;/q;-1;. The van der Waals surface area contributed by atoms with Gasteiger partial charge >= 0.3 is 0 Å². The molecule has 6 rings (SSSR count). The third kappa shape index (κ3) is 5.24. The number of phenolic OH excluding ortho intramolecular Hbond substituents is 1. The van der Waals surface area contributed by atoms with E-state index in [1.807, 2.05) is 42.5 Å². The van der Waals surface area contributed by atoms with Gasteiger partial charge in [0, 0.05) is 44.9 Å². The summed E-state index contributed by atoms with van der Waals surface area (Å²) in [6.07, 6.45) is 8.05. The van der Waals surface area contributed by atoms with Crippen LogP contribution in [0.3, 0.4) is 0 Å². The van der Waals surface area contributed by atoms with Crippen molar-refractivity contribution in [2.45, 2.75) is 0 Å². The van der Waals surface area contributed by atoms with Crippen molar-refractivity contribution in [1.29, 1.82) is 0 Å². The zero-order valence-corrected chi connectivity index (χ0v) is 18.0. The van der Waals surface area contributed by atoms with Crippen molar-refractivity contribution < 1.29 is 22.2 Å². The van der Waals surface area contributed by atoms with E-state index in [4.69, 9.17) is 5.11 Å². The molecule has 158 valence electrons. The fourth-order valence-electron chi connectivity index (χ4n) is 3.32. The minimum absolute atomic E-state index is 0. The van der Waals surface area contributed by atoms with E-state index in [9.17, 15) is 0 Å². The molecule has 6 heteroatoms. The van der Waals surface area contributed by atoms with Gasteiger partial charge in [-0.2, -0.15) is 18.2 Å². The summed E-state index contributed by atoms with van der Waals surface area (Å²) in [6, 6.07) is 25.7. The summed E-state index contributed by atoms with van der Waals surface area (Å²) >= 11 is 0. The molecule has 32 heavy (non-hydrogen) atoms. The zero-order valence-electron chi connectivity index (χ0n) is 16.9. The molecule has 8 bridgehead atoms. The number of benzene rings is 1. The van der Waals surface area contributed by atoms with E-state index in [-0.39, 0.29) is 17.1 Å². The zero-order chi connectivity index (χ0) is 21.0. The Morgan fingerprint density at radius 3 is 1.38 bits per heavy atom. The largest absolute Gasteiger partial charge is 0.533 e. The Labute approximate surface area is 195 Å². The van der Waals surface area contributed by atoms with Crippen LogP contribution in [0.2, 0.25) is 0 Å². The third-order valence-corrected chi connectivity index (χ3v) is 4.74. The second-order valence-corrected chi connectivity index (χ2v) is 7.16. The van der Waals surface area contributed by atoms with Crippen LogP contribution in [0.4, 0.5) is 0 Å². The van der Waals surface area contributed by atoms with Crippen LogP contribution < -0.4 is 0 Å². The molecule has 3 N–H and O–H groups in total. The first-order valence-electron chi connectivity index (χ1n) is 9.89. The number of hydrogen-bond acceptors (Lipinski definition) is 3. The Balaban J connectivity index is 0.000000265. The van der Waals surface area contributed by atoms with Crippen molar-refractivity contribution in [3.8, 4) is 5.75 Å². The maximum Gasteiger partial charge on any atom is 0.0659 e. The summed E-state index contributed by atoms with van der Waals surface area (Å²) in [5.74, 6) is 0.291. The Hall–Kier alpha value is -3.86. The van der Waals surface area contributed by atoms with E-state index in [1.54, 1.807) is 24.3 Å². The molecule has 5 nitrogen and oxygen atoms in total. The average molecular weight is 459 g/mol. The first-order chi connectivity index (χ1) is 15.2. The number of aromatic amines is 2. The molecule has 5 heterocycles. The van der Waals surface area contributed by atoms with Crippen LogP contribution in [0.25, 0.3) is 46.4 Å². The van der Waals surface area contributed by atoms with Crippen molar-refractivity contribution in [3.05, 3.63) is 102 Å². The fourth-order valence-corrected chi connectivity index (χ4v) is 3.32. The van der Waals surface area contributed by atoms with Crippen LogP contribution in [-0.2, 0) is 17.1 Å². The number of H-pyrrole nitrogens is 2. The molecular weight excluding hydrogens is 440 g/mol. The van der Waals surface area contributed by atoms with Crippen molar-refractivity contribution in [2.24, 2.45) is 0 Å². The summed E-state index contributed by atoms with van der Waals surface area (Å²) in [7, 11) is 0. The van der Waals surface area contributed by atoms with Crippen molar-refractivity contribution in [1.82, 2.24) is 19.9 Å². The van der Waals surface area contributed by atoms with Gasteiger partial charge < -0.3 is 15.1 Å². The van der Waals surface area contributed by atoms with Gasteiger partial charge in [-0.15, -0.1) is 12.1 Å². The molecule has 0 radical (unpaired) electrons. The van der Waals surface area contributed by atoms with Gasteiger partial charge in [-0.3, -0.25) is 0 Å². The molecule has 4 aromatic rings. The quantitative estimate of drug-likeness (QED) is 0.197. The number of nitrogens with one attached hydrogen (secondary N) is 2. The maximum atomic E-state index is 8.61. The molecule has 0 saturated carbocycles. The van der Waals surface area contributed by atoms with Crippen LogP contribution in [0, 0.1) is 6.07 Å². The normalized spacial score (nSPS) is 11.4. The second-order valence-electron chi connectivity index (χ2n) is 7.16. The number of rotatable bonds is 0. The summed E-state index contributed by atoms with van der Waals surface area (Å²) < 4.78 is 0. The molecule has 0 fully saturated rings. The Kier molecular flexibility index (Phi) is 6.36. The minimum Gasteiger partial charge on any atom is -0.533 e. The van der Waals surface area contributed by atoms with Gasteiger partial charge in [0.25, 0.3) is 0 Å². The molecular formula is C26H19FeN4O-. The molecule has 0 saturated heterocycles. The molecule has 2 aliphatic heterocycles. The molecule has 0 amide bonds. The summed E-state index contributed by atoms with van der Waals surface area (Å²) in [5, 5.41) is 8.61. The topological polar surface area (TPSA) is 77.6 Å².